The van der Waals surface area contributed by atoms with Crippen LogP contribution in [0.25, 0.3) is 0 Å². The fourth-order valence-corrected chi connectivity index (χ4v) is 3.58. The zero-order valence-electron chi connectivity index (χ0n) is 17.7. The molecule has 0 amide bonds. The first kappa shape index (κ1) is 24.8. The van der Waals surface area contributed by atoms with Crippen LogP contribution in [0.4, 0.5) is 0 Å². The minimum atomic E-state index is -0.759. The number of hydrogen-bond donors (Lipinski definition) is 2. The Morgan fingerprint density at radius 3 is 1.42 bits per heavy atom. The summed E-state index contributed by atoms with van der Waals surface area (Å²) in [5, 5.41) is 18.0. The molecule has 154 valence electrons. The largest absolute Gasteiger partial charge is 0.477 e. The van der Waals surface area contributed by atoms with Crippen molar-refractivity contribution in [2.24, 2.45) is 0 Å². The number of carboxylic acid groups (broad SMARTS) is 2. The van der Waals surface area contributed by atoms with E-state index in [-0.39, 0.29) is 13.1 Å². The number of hydrogen-bond acceptors (Lipinski definition) is 3. The van der Waals surface area contributed by atoms with Gasteiger partial charge in [0, 0.05) is 32.0 Å². The molecule has 0 saturated carbocycles. The van der Waals surface area contributed by atoms with Gasteiger partial charge in [-0.2, -0.15) is 0 Å². The maximum Gasteiger partial charge on any atom is 0.359 e. The number of carboxylic acids is 2. The zero-order valence-corrected chi connectivity index (χ0v) is 17.7. The Labute approximate surface area is 159 Å². The smallest absolute Gasteiger partial charge is 0.359 e. The highest BCUT2D eigenvalue weighted by Crippen LogP contribution is 2.12. The number of carbonyl (C=O) groups is 2. The van der Waals surface area contributed by atoms with Gasteiger partial charge in [-0.05, 0) is 12.8 Å². The summed E-state index contributed by atoms with van der Waals surface area (Å²) < 4.78 is 0.989. The lowest BCUT2D eigenvalue weighted by Gasteiger charge is -2.34. The molecule has 0 fully saturated rings. The van der Waals surface area contributed by atoms with Crippen molar-refractivity contribution in [1.82, 2.24) is 4.90 Å². The van der Waals surface area contributed by atoms with Gasteiger partial charge in [-0.3, -0.25) is 4.90 Å². The number of aliphatic carboxylic acids is 2. The fourth-order valence-electron chi connectivity index (χ4n) is 3.58. The molecule has 0 heterocycles. The summed E-state index contributed by atoms with van der Waals surface area (Å²) >= 11 is 0. The van der Waals surface area contributed by atoms with Crippen molar-refractivity contribution in [2.75, 3.05) is 67.5 Å². The first-order chi connectivity index (χ1) is 11.9. The van der Waals surface area contributed by atoms with Crippen LogP contribution in [0, 0.1) is 0 Å². The van der Waals surface area contributed by atoms with Crippen LogP contribution in [0.5, 0.6) is 0 Å². The van der Waals surface area contributed by atoms with Crippen LogP contribution >= 0.6 is 0 Å². The first-order valence-corrected chi connectivity index (χ1v) is 9.74. The Morgan fingerprint density at radius 1 is 0.808 bits per heavy atom. The standard InChI is InChI=1S/C19H39N3O4/c1-7-17(8-2)20(11-9-13-21(3,4)15-18(23)24)12-10-14-22(5,6)16-19(25)26/h17H,7-16H2,1-6H3/p+2. The van der Waals surface area contributed by atoms with Gasteiger partial charge >= 0.3 is 11.9 Å². The number of likely N-dealkylation sites (N-methyl/N-ethyl adjacent to an activating group) is 2. The zero-order chi connectivity index (χ0) is 20.4. The molecule has 0 bridgehead atoms. The van der Waals surface area contributed by atoms with Gasteiger partial charge in [0.25, 0.3) is 0 Å². The molecule has 0 aliphatic heterocycles. The van der Waals surface area contributed by atoms with Gasteiger partial charge in [-0.15, -0.1) is 0 Å². The van der Waals surface area contributed by atoms with E-state index < -0.39 is 11.9 Å². The molecule has 7 nitrogen and oxygen atoms in total. The predicted molar refractivity (Wildman–Crippen MR) is 104 cm³/mol. The molecule has 0 unspecified atom stereocenters. The van der Waals surface area contributed by atoms with Crippen molar-refractivity contribution < 1.29 is 28.8 Å². The molecule has 7 heteroatoms. The quantitative estimate of drug-likeness (QED) is 0.425. The average Bonchev–Trinajstić information content (AvgIpc) is 2.44. The molecule has 0 spiro atoms. The van der Waals surface area contributed by atoms with Crippen molar-refractivity contribution in [2.45, 2.75) is 45.6 Å². The molecule has 0 aromatic heterocycles. The molecule has 0 atom stereocenters. The monoisotopic (exact) mass is 375 g/mol. The van der Waals surface area contributed by atoms with Gasteiger partial charge in [-0.25, -0.2) is 9.59 Å². The lowest BCUT2D eigenvalue weighted by Crippen LogP contribution is -2.47. The molecular formula is C19H41N3O4+2. The molecule has 0 rings (SSSR count). The maximum atomic E-state index is 11.0. The number of quaternary nitrogens is 2. The van der Waals surface area contributed by atoms with E-state index in [4.69, 9.17) is 10.2 Å². The summed E-state index contributed by atoms with van der Waals surface area (Å²) in [5.41, 5.74) is 0. The first-order valence-electron chi connectivity index (χ1n) is 9.74. The van der Waals surface area contributed by atoms with E-state index in [1.54, 1.807) is 0 Å². The number of rotatable bonds is 15. The van der Waals surface area contributed by atoms with E-state index in [0.717, 1.165) is 51.9 Å². The molecule has 0 saturated heterocycles. The summed E-state index contributed by atoms with van der Waals surface area (Å²) in [6.07, 6.45) is 4.11. The van der Waals surface area contributed by atoms with Gasteiger partial charge in [-0.1, -0.05) is 13.8 Å². The molecule has 0 aromatic rings. The van der Waals surface area contributed by atoms with E-state index in [9.17, 15) is 9.59 Å². The van der Waals surface area contributed by atoms with Gasteiger partial charge in [0.2, 0.25) is 0 Å². The topological polar surface area (TPSA) is 77.8 Å². The lowest BCUT2D eigenvalue weighted by molar-refractivity contribution is -0.883. The molecule has 2 N–H and O–H groups in total. The second kappa shape index (κ2) is 11.5. The second-order valence-corrected chi connectivity index (χ2v) is 8.64. The summed E-state index contributed by atoms with van der Waals surface area (Å²) in [5.74, 6) is -1.52. The SMILES string of the molecule is CCC(CC)N(CCC[N+](C)(C)CC(=O)O)CCC[N+](C)(C)CC(=O)O. The molecule has 0 aliphatic carbocycles. The minimum absolute atomic E-state index is 0.145. The van der Waals surface area contributed by atoms with E-state index in [1.807, 2.05) is 28.2 Å². The lowest BCUT2D eigenvalue weighted by atomic mass is 10.1. The summed E-state index contributed by atoms with van der Waals surface area (Å²) in [7, 11) is 7.84. The second-order valence-electron chi connectivity index (χ2n) is 8.64. The van der Waals surface area contributed by atoms with Gasteiger partial charge < -0.3 is 19.2 Å². The highest BCUT2D eigenvalue weighted by Gasteiger charge is 2.23. The third-order valence-electron chi connectivity index (χ3n) is 5.00. The highest BCUT2D eigenvalue weighted by atomic mass is 16.4. The Kier molecular flexibility index (Phi) is 11.0. The van der Waals surface area contributed by atoms with Gasteiger partial charge in [0.15, 0.2) is 13.1 Å². The average molecular weight is 376 g/mol. The van der Waals surface area contributed by atoms with Crippen molar-refractivity contribution in [1.29, 1.82) is 0 Å². The van der Waals surface area contributed by atoms with Crippen LogP contribution in [0.2, 0.25) is 0 Å². The molecule has 0 radical (unpaired) electrons. The van der Waals surface area contributed by atoms with Crippen molar-refractivity contribution in [3.05, 3.63) is 0 Å². The van der Waals surface area contributed by atoms with Crippen LogP contribution in [-0.2, 0) is 9.59 Å². The van der Waals surface area contributed by atoms with E-state index in [2.05, 4.69) is 18.7 Å². The fraction of sp³-hybridized carbons (Fsp3) is 0.895. The Morgan fingerprint density at radius 2 is 1.15 bits per heavy atom. The Bertz CT molecular complexity index is 401. The Balaban J connectivity index is 4.58. The summed E-state index contributed by atoms with van der Waals surface area (Å²) in [6.45, 7) is 8.29. The van der Waals surface area contributed by atoms with E-state index in [0.29, 0.717) is 15.0 Å². The van der Waals surface area contributed by atoms with Crippen LogP contribution in [0.3, 0.4) is 0 Å². The van der Waals surface area contributed by atoms with Crippen LogP contribution < -0.4 is 0 Å². The molecule has 0 aromatic carbocycles. The predicted octanol–water partition coefficient (Wildman–Crippen LogP) is 1.58. The highest BCUT2D eigenvalue weighted by molar-refractivity contribution is 5.68. The van der Waals surface area contributed by atoms with Crippen molar-refractivity contribution in [3.63, 3.8) is 0 Å². The molecular weight excluding hydrogens is 334 g/mol. The Hall–Kier alpha value is -1.18. The van der Waals surface area contributed by atoms with E-state index in [1.165, 1.54) is 0 Å². The van der Waals surface area contributed by atoms with Crippen LogP contribution in [0.1, 0.15) is 39.5 Å². The van der Waals surface area contributed by atoms with Crippen LogP contribution in [0.15, 0.2) is 0 Å². The maximum absolute atomic E-state index is 11.0. The van der Waals surface area contributed by atoms with Gasteiger partial charge in [0.05, 0.1) is 41.3 Å². The van der Waals surface area contributed by atoms with Gasteiger partial charge in [0.1, 0.15) is 0 Å². The van der Waals surface area contributed by atoms with Crippen molar-refractivity contribution in [3.8, 4) is 0 Å². The minimum Gasteiger partial charge on any atom is -0.477 e. The normalized spacial score (nSPS) is 12.8. The summed E-state index contributed by atoms with van der Waals surface area (Å²) in [4.78, 5) is 24.4. The molecule has 0 aliphatic rings. The third kappa shape index (κ3) is 11.4. The molecule has 26 heavy (non-hydrogen) atoms. The van der Waals surface area contributed by atoms with Crippen LogP contribution in [-0.4, -0.2) is 110 Å². The third-order valence-corrected chi connectivity index (χ3v) is 5.00. The van der Waals surface area contributed by atoms with Crippen molar-refractivity contribution >= 4 is 11.9 Å². The van der Waals surface area contributed by atoms with E-state index >= 15 is 0 Å². The number of nitrogens with zero attached hydrogens (tertiary/aromatic N) is 3. The summed E-state index contributed by atoms with van der Waals surface area (Å²) in [6, 6.07) is 0.528.